The van der Waals surface area contributed by atoms with Gasteiger partial charge in [0.15, 0.2) is 0 Å². The Morgan fingerprint density at radius 3 is 2.41 bits per heavy atom. The first-order valence-corrected chi connectivity index (χ1v) is 13.9. The molecular weight excluding hydrogens is 490 g/mol. The molecule has 3 aromatic carbocycles. The molecule has 1 saturated heterocycles. The topological polar surface area (TPSA) is 107 Å². The number of amides is 1. The molecule has 196 valence electrons. The molecular formula is C28H33N3O5S. The number of sulfonamides is 1. The van der Waals surface area contributed by atoms with Gasteiger partial charge in [0, 0.05) is 37.1 Å². The molecule has 37 heavy (non-hydrogen) atoms. The first-order chi connectivity index (χ1) is 17.7. The van der Waals surface area contributed by atoms with Gasteiger partial charge >= 0.3 is 5.97 Å². The van der Waals surface area contributed by atoms with Crippen molar-refractivity contribution in [2.75, 3.05) is 25.5 Å². The van der Waals surface area contributed by atoms with Gasteiger partial charge in [-0.25, -0.2) is 13.2 Å². The zero-order valence-corrected chi connectivity index (χ0v) is 21.9. The van der Waals surface area contributed by atoms with Crippen LogP contribution in [0.25, 0.3) is 10.8 Å². The first-order valence-electron chi connectivity index (χ1n) is 12.5. The van der Waals surface area contributed by atoms with Gasteiger partial charge < -0.3 is 15.3 Å². The van der Waals surface area contributed by atoms with E-state index < -0.39 is 34.0 Å². The molecule has 0 radical (unpaired) electrons. The summed E-state index contributed by atoms with van der Waals surface area (Å²) >= 11 is 0. The zero-order chi connectivity index (χ0) is 26.6. The van der Waals surface area contributed by atoms with Crippen molar-refractivity contribution in [2.24, 2.45) is 0 Å². The van der Waals surface area contributed by atoms with Crippen LogP contribution in [0.3, 0.4) is 0 Å². The van der Waals surface area contributed by atoms with E-state index in [0.717, 1.165) is 16.6 Å². The molecule has 4 rings (SSSR count). The minimum absolute atomic E-state index is 0.146. The molecule has 0 spiro atoms. The summed E-state index contributed by atoms with van der Waals surface area (Å²) in [6.07, 6.45) is 2.35. The van der Waals surface area contributed by atoms with Crippen LogP contribution in [0, 0.1) is 0 Å². The molecule has 1 heterocycles. The van der Waals surface area contributed by atoms with E-state index >= 15 is 0 Å². The summed E-state index contributed by atoms with van der Waals surface area (Å²) < 4.78 is 29.1. The van der Waals surface area contributed by atoms with Crippen LogP contribution in [0.4, 0.5) is 5.69 Å². The lowest BCUT2D eigenvalue weighted by atomic mass is 10.0. The molecule has 9 heteroatoms. The molecule has 8 nitrogen and oxygen atoms in total. The highest BCUT2D eigenvalue weighted by Gasteiger charge is 2.39. The van der Waals surface area contributed by atoms with E-state index in [4.69, 9.17) is 0 Å². The molecule has 3 aromatic rings. The fourth-order valence-corrected chi connectivity index (χ4v) is 6.81. The average molecular weight is 524 g/mol. The van der Waals surface area contributed by atoms with E-state index in [0.29, 0.717) is 31.1 Å². The van der Waals surface area contributed by atoms with Gasteiger partial charge in [0.05, 0.1) is 4.90 Å². The number of carbonyl (C=O) groups excluding carboxylic acids is 1. The molecule has 0 saturated carbocycles. The van der Waals surface area contributed by atoms with Gasteiger partial charge in [-0.1, -0.05) is 61.0 Å². The van der Waals surface area contributed by atoms with E-state index in [9.17, 15) is 23.1 Å². The number of carboxylic acids is 1. The van der Waals surface area contributed by atoms with Crippen LogP contribution in [0.15, 0.2) is 71.6 Å². The maximum absolute atomic E-state index is 13.9. The highest BCUT2D eigenvalue weighted by atomic mass is 32.2. The summed E-state index contributed by atoms with van der Waals surface area (Å²) in [4.78, 5) is 27.3. The molecule has 1 amide bonds. The number of rotatable bonds is 9. The third kappa shape index (κ3) is 5.78. The quantitative estimate of drug-likeness (QED) is 0.443. The zero-order valence-electron chi connectivity index (χ0n) is 21.1. The Labute approximate surface area is 217 Å². The Kier molecular flexibility index (Phi) is 8.14. The summed E-state index contributed by atoms with van der Waals surface area (Å²) in [6, 6.07) is 18.1. The van der Waals surface area contributed by atoms with Gasteiger partial charge in [0.2, 0.25) is 15.9 Å². The second kappa shape index (κ2) is 11.3. The maximum atomic E-state index is 13.9. The third-order valence-electron chi connectivity index (χ3n) is 6.86. The standard InChI is InChI=1S/C28H33N3O5S/c1-30(2)24-15-8-13-22-21(24)12-9-16-26(22)37(35,36)31-19-7-6-14-25(31)27(32)29-23(28(33)34)18-17-20-10-4-3-5-11-20/h3-5,8-13,15-16,23,25H,6-7,14,17-19H2,1-2H3,(H,29,32)(H,33,34)/t23-,25-/m0/s1. The number of hydrogen-bond acceptors (Lipinski definition) is 5. The highest BCUT2D eigenvalue weighted by Crippen LogP contribution is 2.33. The van der Waals surface area contributed by atoms with Gasteiger partial charge in [-0.05, 0) is 43.4 Å². The second-order valence-corrected chi connectivity index (χ2v) is 11.4. The monoisotopic (exact) mass is 523 g/mol. The predicted molar refractivity (Wildman–Crippen MR) is 144 cm³/mol. The first kappa shape index (κ1) is 26.6. The number of fused-ring (bicyclic) bond motifs is 1. The smallest absolute Gasteiger partial charge is 0.326 e. The molecule has 0 aromatic heterocycles. The van der Waals surface area contributed by atoms with Crippen LogP contribution in [0.1, 0.15) is 31.2 Å². The van der Waals surface area contributed by atoms with E-state index in [2.05, 4.69) is 5.32 Å². The van der Waals surface area contributed by atoms with Gasteiger partial charge in [-0.15, -0.1) is 0 Å². The lowest BCUT2D eigenvalue weighted by Gasteiger charge is -2.34. The minimum Gasteiger partial charge on any atom is -0.480 e. The number of benzene rings is 3. The number of piperidine rings is 1. The Morgan fingerprint density at radius 2 is 1.70 bits per heavy atom. The van der Waals surface area contributed by atoms with Crippen LogP contribution >= 0.6 is 0 Å². The molecule has 2 atom stereocenters. The van der Waals surface area contributed by atoms with Crippen molar-refractivity contribution in [1.82, 2.24) is 9.62 Å². The summed E-state index contributed by atoms with van der Waals surface area (Å²) in [7, 11) is -0.229. The molecule has 1 aliphatic heterocycles. The number of nitrogens with zero attached hydrogens (tertiary/aromatic N) is 2. The third-order valence-corrected chi connectivity index (χ3v) is 8.83. The van der Waals surface area contributed by atoms with Crippen molar-refractivity contribution in [3.63, 3.8) is 0 Å². The van der Waals surface area contributed by atoms with Crippen molar-refractivity contribution in [3.05, 3.63) is 72.3 Å². The summed E-state index contributed by atoms with van der Waals surface area (Å²) in [6.45, 7) is 0.200. The number of carbonyl (C=O) groups is 2. The average Bonchev–Trinajstić information content (AvgIpc) is 2.90. The van der Waals surface area contributed by atoms with E-state index in [1.165, 1.54) is 4.31 Å². The van der Waals surface area contributed by atoms with Crippen LogP contribution in [-0.4, -0.2) is 62.4 Å². The Morgan fingerprint density at radius 1 is 1.00 bits per heavy atom. The van der Waals surface area contributed by atoms with Crippen LogP contribution in [0.2, 0.25) is 0 Å². The minimum atomic E-state index is -4.03. The number of hydrogen-bond donors (Lipinski definition) is 2. The lowest BCUT2D eigenvalue weighted by Crippen LogP contribution is -2.54. The molecule has 2 N–H and O–H groups in total. The largest absolute Gasteiger partial charge is 0.480 e. The fourth-order valence-electron chi connectivity index (χ4n) is 4.94. The summed E-state index contributed by atoms with van der Waals surface area (Å²) in [5.41, 5.74) is 1.86. The molecule has 1 aliphatic rings. The van der Waals surface area contributed by atoms with Crippen molar-refractivity contribution in [3.8, 4) is 0 Å². The predicted octanol–water partition coefficient (Wildman–Crippen LogP) is 3.65. The van der Waals surface area contributed by atoms with Gasteiger partial charge in [0.25, 0.3) is 0 Å². The van der Waals surface area contributed by atoms with E-state index in [1.54, 1.807) is 18.2 Å². The summed E-state index contributed by atoms with van der Waals surface area (Å²) in [5, 5.41) is 13.8. The normalized spacial score (nSPS) is 17.3. The molecule has 0 bridgehead atoms. The number of anilines is 1. The SMILES string of the molecule is CN(C)c1cccc2c(S(=O)(=O)N3CCCC[C@H]3C(=O)N[C@@H](CCc3ccccc3)C(=O)O)cccc12. The number of aliphatic carboxylic acids is 1. The highest BCUT2D eigenvalue weighted by molar-refractivity contribution is 7.89. The number of nitrogens with one attached hydrogen (secondary N) is 1. The van der Waals surface area contributed by atoms with Crippen LogP contribution in [-0.2, 0) is 26.0 Å². The van der Waals surface area contributed by atoms with Gasteiger partial charge in [-0.3, -0.25) is 4.79 Å². The van der Waals surface area contributed by atoms with Crippen LogP contribution < -0.4 is 10.2 Å². The van der Waals surface area contributed by atoms with E-state index in [1.807, 2.05) is 67.5 Å². The van der Waals surface area contributed by atoms with Crippen molar-refractivity contribution in [1.29, 1.82) is 0 Å². The summed E-state index contributed by atoms with van der Waals surface area (Å²) in [5.74, 6) is -1.71. The number of carboxylic acid groups (broad SMARTS) is 1. The molecule has 0 aliphatic carbocycles. The number of aryl methyl sites for hydroxylation is 1. The van der Waals surface area contributed by atoms with Crippen molar-refractivity contribution >= 4 is 38.4 Å². The lowest BCUT2D eigenvalue weighted by molar-refractivity contribution is -0.142. The Hall–Kier alpha value is -3.43. The maximum Gasteiger partial charge on any atom is 0.326 e. The molecule has 1 fully saturated rings. The van der Waals surface area contributed by atoms with Crippen LogP contribution in [0.5, 0.6) is 0 Å². The second-order valence-electron chi connectivity index (χ2n) is 9.57. The van der Waals surface area contributed by atoms with E-state index in [-0.39, 0.29) is 17.9 Å². The van der Waals surface area contributed by atoms with Gasteiger partial charge in [-0.2, -0.15) is 4.31 Å². The van der Waals surface area contributed by atoms with Gasteiger partial charge in [0.1, 0.15) is 12.1 Å². The fraction of sp³-hybridized carbons (Fsp3) is 0.357. The Bertz CT molecular complexity index is 1380. The molecule has 0 unspecified atom stereocenters. The Balaban J connectivity index is 1.60. The van der Waals surface area contributed by atoms with Crippen molar-refractivity contribution < 1.29 is 23.1 Å². The van der Waals surface area contributed by atoms with Crippen molar-refractivity contribution in [2.45, 2.75) is 49.1 Å².